The molecule has 0 radical (unpaired) electrons. The Labute approximate surface area is 115 Å². The zero-order valence-corrected chi connectivity index (χ0v) is 11.1. The van der Waals surface area contributed by atoms with Gasteiger partial charge in [-0.25, -0.2) is 0 Å². The van der Waals surface area contributed by atoms with Gasteiger partial charge in [0, 0.05) is 11.4 Å². The van der Waals surface area contributed by atoms with Crippen molar-refractivity contribution >= 4 is 17.3 Å². The Bertz CT molecular complexity index is 522. The Hall–Kier alpha value is -1.85. The van der Waals surface area contributed by atoms with Crippen LogP contribution in [0.2, 0.25) is 0 Å². The fraction of sp³-hybridized carbons (Fsp3) is 0.214. The van der Waals surface area contributed by atoms with Crippen LogP contribution in [-0.2, 0) is 17.8 Å². The molecule has 2 aromatic rings. The first kappa shape index (κ1) is 13.6. The third-order valence-corrected chi connectivity index (χ3v) is 3.65. The Morgan fingerprint density at radius 3 is 2.58 bits per heavy atom. The SMILES string of the molecule is O=C(O)[C@H](Cc1ccc(O)cc1)NCc1cccs1. The smallest absolute Gasteiger partial charge is 0.321 e. The van der Waals surface area contributed by atoms with E-state index in [9.17, 15) is 15.0 Å². The molecule has 0 saturated carbocycles. The fourth-order valence-electron chi connectivity index (χ4n) is 1.75. The van der Waals surface area contributed by atoms with Crippen LogP contribution in [0.5, 0.6) is 5.75 Å². The molecule has 100 valence electrons. The number of nitrogens with one attached hydrogen (secondary N) is 1. The molecule has 0 aliphatic carbocycles. The predicted molar refractivity (Wildman–Crippen MR) is 74.4 cm³/mol. The number of phenols is 1. The number of hydrogen-bond acceptors (Lipinski definition) is 4. The maximum absolute atomic E-state index is 11.2. The van der Waals surface area contributed by atoms with Gasteiger partial charge in [-0.3, -0.25) is 10.1 Å². The van der Waals surface area contributed by atoms with Crippen molar-refractivity contribution < 1.29 is 15.0 Å². The Balaban J connectivity index is 1.96. The summed E-state index contributed by atoms with van der Waals surface area (Å²) in [6, 6.07) is 9.87. The second-order valence-electron chi connectivity index (χ2n) is 4.22. The van der Waals surface area contributed by atoms with Crippen molar-refractivity contribution in [1.82, 2.24) is 5.32 Å². The first-order valence-corrected chi connectivity index (χ1v) is 6.79. The predicted octanol–water partition coefficient (Wildman–Crippen LogP) is 2.24. The van der Waals surface area contributed by atoms with Crippen LogP contribution in [0.25, 0.3) is 0 Å². The number of aliphatic carboxylic acids is 1. The summed E-state index contributed by atoms with van der Waals surface area (Å²) in [6.07, 6.45) is 0.390. The van der Waals surface area contributed by atoms with Gasteiger partial charge in [-0.15, -0.1) is 11.3 Å². The lowest BCUT2D eigenvalue weighted by atomic mass is 10.1. The normalized spacial score (nSPS) is 12.2. The minimum absolute atomic E-state index is 0.183. The van der Waals surface area contributed by atoms with Gasteiger partial charge in [0.15, 0.2) is 0 Å². The number of rotatable bonds is 6. The molecule has 0 unspecified atom stereocenters. The fourth-order valence-corrected chi connectivity index (χ4v) is 2.41. The van der Waals surface area contributed by atoms with E-state index in [1.165, 1.54) is 0 Å². The van der Waals surface area contributed by atoms with Gasteiger partial charge in [-0.1, -0.05) is 18.2 Å². The van der Waals surface area contributed by atoms with Gasteiger partial charge in [0.1, 0.15) is 11.8 Å². The lowest BCUT2D eigenvalue weighted by Gasteiger charge is -2.14. The van der Waals surface area contributed by atoms with Crippen LogP contribution in [0, 0.1) is 0 Å². The standard InChI is InChI=1S/C14H15NO3S/c16-11-5-3-10(4-6-11)8-13(14(17)18)15-9-12-2-1-7-19-12/h1-7,13,15-16H,8-9H2,(H,17,18)/t13-/m0/s1. The van der Waals surface area contributed by atoms with Crippen molar-refractivity contribution in [3.05, 3.63) is 52.2 Å². The number of carboxylic acid groups (broad SMARTS) is 1. The van der Waals surface area contributed by atoms with Crippen molar-refractivity contribution in [3.8, 4) is 5.75 Å². The van der Waals surface area contributed by atoms with Crippen LogP contribution in [0.15, 0.2) is 41.8 Å². The minimum atomic E-state index is -0.871. The highest BCUT2D eigenvalue weighted by Gasteiger charge is 2.17. The molecule has 0 fully saturated rings. The van der Waals surface area contributed by atoms with E-state index in [1.54, 1.807) is 35.6 Å². The molecule has 4 nitrogen and oxygen atoms in total. The summed E-state index contributed by atoms with van der Waals surface area (Å²) in [5, 5.41) is 23.4. The van der Waals surface area contributed by atoms with E-state index in [0.717, 1.165) is 10.4 Å². The minimum Gasteiger partial charge on any atom is -0.508 e. The van der Waals surface area contributed by atoms with E-state index in [1.807, 2.05) is 17.5 Å². The lowest BCUT2D eigenvalue weighted by Crippen LogP contribution is -2.37. The van der Waals surface area contributed by atoms with Gasteiger partial charge >= 0.3 is 5.97 Å². The van der Waals surface area contributed by atoms with E-state index in [0.29, 0.717) is 13.0 Å². The van der Waals surface area contributed by atoms with Crippen LogP contribution >= 0.6 is 11.3 Å². The van der Waals surface area contributed by atoms with Gasteiger partial charge in [0.25, 0.3) is 0 Å². The molecule has 1 atom stereocenters. The largest absolute Gasteiger partial charge is 0.508 e. The van der Waals surface area contributed by atoms with Crippen LogP contribution < -0.4 is 5.32 Å². The number of aromatic hydroxyl groups is 1. The summed E-state index contributed by atoms with van der Waals surface area (Å²) in [7, 11) is 0. The van der Waals surface area contributed by atoms with Gasteiger partial charge < -0.3 is 10.2 Å². The van der Waals surface area contributed by atoms with E-state index in [2.05, 4.69) is 5.32 Å². The molecule has 0 saturated heterocycles. The molecule has 1 aromatic carbocycles. The van der Waals surface area contributed by atoms with Gasteiger partial charge in [-0.2, -0.15) is 0 Å². The van der Waals surface area contributed by atoms with Gasteiger partial charge in [-0.05, 0) is 35.6 Å². The number of phenolic OH excluding ortho intramolecular Hbond substituents is 1. The second-order valence-corrected chi connectivity index (χ2v) is 5.25. The molecule has 0 amide bonds. The van der Waals surface area contributed by atoms with Crippen molar-refractivity contribution in [1.29, 1.82) is 0 Å². The first-order chi connectivity index (χ1) is 9.15. The number of benzene rings is 1. The highest BCUT2D eigenvalue weighted by atomic mass is 32.1. The molecule has 5 heteroatoms. The molecule has 0 aliphatic rings. The third-order valence-electron chi connectivity index (χ3n) is 2.78. The average molecular weight is 277 g/mol. The molecule has 0 bridgehead atoms. The summed E-state index contributed by atoms with van der Waals surface area (Å²) in [5.74, 6) is -0.688. The van der Waals surface area contributed by atoms with Crippen LogP contribution in [-0.4, -0.2) is 22.2 Å². The summed E-state index contributed by atoms with van der Waals surface area (Å²) in [5.41, 5.74) is 0.879. The van der Waals surface area contributed by atoms with Gasteiger partial charge in [0.2, 0.25) is 0 Å². The van der Waals surface area contributed by atoms with Crippen molar-refractivity contribution in [2.24, 2.45) is 0 Å². The molecule has 1 aromatic heterocycles. The zero-order valence-electron chi connectivity index (χ0n) is 10.2. The van der Waals surface area contributed by atoms with E-state index in [-0.39, 0.29) is 5.75 Å². The highest BCUT2D eigenvalue weighted by molar-refractivity contribution is 7.09. The van der Waals surface area contributed by atoms with Crippen LogP contribution in [0.3, 0.4) is 0 Å². The highest BCUT2D eigenvalue weighted by Crippen LogP contribution is 2.12. The Morgan fingerprint density at radius 1 is 1.26 bits per heavy atom. The molecule has 3 N–H and O–H groups in total. The second kappa shape index (κ2) is 6.36. The summed E-state index contributed by atoms with van der Waals surface area (Å²) >= 11 is 1.60. The van der Waals surface area contributed by atoms with Crippen LogP contribution in [0.4, 0.5) is 0 Å². The van der Waals surface area contributed by atoms with Crippen molar-refractivity contribution in [2.45, 2.75) is 19.0 Å². The molecular formula is C14H15NO3S. The monoisotopic (exact) mass is 277 g/mol. The maximum atomic E-state index is 11.2. The summed E-state index contributed by atoms with van der Waals surface area (Å²) in [6.45, 7) is 0.548. The van der Waals surface area contributed by atoms with E-state index >= 15 is 0 Å². The molecule has 0 aliphatic heterocycles. The number of thiophene rings is 1. The average Bonchev–Trinajstić information content (AvgIpc) is 2.89. The molecule has 1 heterocycles. The van der Waals surface area contributed by atoms with E-state index in [4.69, 9.17) is 0 Å². The Morgan fingerprint density at radius 2 is 2.00 bits per heavy atom. The maximum Gasteiger partial charge on any atom is 0.321 e. The topological polar surface area (TPSA) is 69.6 Å². The lowest BCUT2D eigenvalue weighted by molar-refractivity contribution is -0.139. The third kappa shape index (κ3) is 4.08. The number of carboxylic acids is 1. The van der Waals surface area contributed by atoms with Crippen molar-refractivity contribution in [2.75, 3.05) is 0 Å². The molecule has 0 spiro atoms. The summed E-state index contributed by atoms with van der Waals surface area (Å²) in [4.78, 5) is 12.3. The zero-order chi connectivity index (χ0) is 13.7. The molecule has 19 heavy (non-hydrogen) atoms. The number of hydrogen-bond donors (Lipinski definition) is 3. The summed E-state index contributed by atoms with van der Waals surface area (Å²) < 4.78 is 0. The van der Waals surface area contributed by atoms with E-state index < -0.39 is 12.0 Å². The first-order valence-electron chi connectivity index (χ1n) is 5.91. The molecular weight excluding hydrogens is 262 g/mol. The molecule has 2 rings (SSSR count). The quantitative estimate of drug-likeness (QED) is 0.757. The van der Waals surface area contributed by atoms with Gasteiger partial charge in [0.05, 0.1) is 0 Å². The van der Waals surface area contributed by atoms with Crippen molar-refractivity contribution in [3.63, 3.8) is 0 Å². The Kier molecular flexibility index (Phi) is 4.54. The number of carbonyl (C=O) groups is 1. The van der Waals surface area contributed by atoms with Crippen LogP contribution in [0.1, 0.15) is 10.4 Å².